The van der Waals surface area contributed by atoms with Crippen LogP contribution in [0.3, 0.4) is 0 Å². The molecule has 0 atom stereocenters. The highest BCUT2D eigenvalue weighted by atomic mass is 19.1. The van der Waals surface area contributed by atoms with E-state index in [2.05, 4.69) is 6.92 Å². The van der Waals surface area contributed by atoms with Gasteiger partial charge in [0.05, 0.1) is 32.8 Å². The van der Waals surface area contributed by atoms with Crippen molar-refractivity contribution in [2.45, 2.75) is 39.7 Å². The van der Waals surface area contributed by atoms with Crippen molar-refractivity contribution < 1.29 is 13.6 Å². The lowest BCUT2D eigenvalue weighted by molar-refractivity contribution is -0.931. The molecule has 1 saturated heterocycles. The number of halogens is 1. The van der Waals surface area contributed by atoms with E-state index in [0.717, 1.165) is 18.7 Å². The zero-order chi connectivity index (χ0) is 14.4. The number of piperidine rings is 1. The van der Waals surface area contributed by atoms with Gasteiger partial charge in [0.1, 0.15) is 12.4 Å². The van der Waals surface area contributed by atoms with Crippen LogP contribution in [0, 0.1) is 12.7 Å². The van der Waals surface area contributed by atoms with Crippen LogP contribution in [0.5, 0.6) is 0 Å². The smallest absolute Gasteiger partial charge is 0.128 e. The number of benzene rings is 1. The van der Waals surface area contributed by atoms with Crippen LogP contribution in [0.1, 0.15) is 37.3 Å². The molecule has 0 unspecified atom stereocenters. The molecule has 0 aliphatic carbocycles. The Kier molecular flexibility index (Phi) is 5.55. The number of quaternary nitrogens is 1. The highest BCUT2D eigenvalue weighted by molar-refractivity contribution is 5.22. The summed E-state index contributed by atoms with van der Waals surface area (Å²) in [5.74, 6) is -0.151. The van der Waals surface area contributed by atoms with Gasteiger partial charge in [0.25, 0.3) is 0 Å². The minimum atomic E-state index is -0.151. The molecule has 0 radical (unpaired) electrons. The molecule has 3 heteroatoms. The first-order chi connectivity index (χ1) is 9.65. The highest BCUT2D eigenvalue weighted by Crippen LogP contribution is 2.18. The van der Waals surface area contributed by atoms with E-state index >= 15 is 0 Å². The summed E-state index contributed by atoms with van der Waals surface area (Å²) >= 11 is 0. The van der Waals surface area contributed by atoms with Gasteiger partial charge < -0.3 is 9.22 Å². The van der Waals surface area contributed by atoms with Crippen molar-refractivity contribution in [3.63, 3.8) is 0 Å². The molecule has 0 aromatic heterocycles. The standard InChI is InChI=1S/C17H27FNO/c1-3-19(9-5-4-6-10-19)11-12-20-14-16-8-7-15(2)13-17(16)18/h7-8,13H,3-6,9-12,14H2,1-2H3/q+1. The van der Waals surface area contributed by atoms with Gasteiger partial charge in [-0.05, 0) is 44.7 Å². The first-order valence-corrected chi connectivity index (χ1v) is 7.83. The fraction of sp³-hybridized carbons (Fsp3) is 0.647. The van der Waals surface area contributed by atoms with Gasteiger partial charge in [0, 0.05) is 5.56 Å². The summed E-state index contributed by atoms with van der Waals surface area (Å²) in [4.78, 5) is 0. The SMILES string of the molecule is CC[N+]1(CCOCc2ccc(C)cc2F)CCCCC1. The lowest BCUT2D eigenvalue weighted by Crippen LogP contribution is -2.53. The third kappa shape index (κ3) is 4.03. The van der Waals surface area contributed by atoms with Crippen LogP contribution in [0.25, 0.3) is 0 Å². The number of hydrogen-bond donors (Lipinski definition) is 0. The van der Waals surface area contributed by atoms with E-state index < -0.39 is 0 Å². The monoisotopic (exact) mass is 280 g/mol. The minimum Gasteiger partial charge on any atom is -0.371 e. The molecule has 20 heavy (non-hydrogen) atoms. The molecular weight excluding hydrogens is 253 g/mol. The Hall–Kier alpha value is -0.930. The van der Waals surface area contributed by atoms with E-state index in [0.29, 0.717) is 12.2 Å². The normalized spacial score (nSPS) is 18.1. The van der Waals surface area contributed by atoms with Gasteiger partial charge in [-0.3, -0.25) is 0 Å². The molecule has 1 aromatic carbocycles. The van der Waals surface area contributed by atoms with Crippen molar-refractivity contribution in [3.8, 4) is 0 Å². The Morgan fingerprint density at radius 3 is 2.60 bits per heavy atom. The van der Waals surface area contributed by atoms with Gasteiger partial charge >= 0.3 is 0 Å². The topological polar surface area (TPSA) is 9.23 Å². The van der Waals surface area contributed by atoms with E-state index in [1.54, 1.807) is 6.07 Å². The second kappa shape index (κ2) is 7.19. The maximum Gasteiger partial charge on any atom is 0.128 e. The van der Waals surface area contributed by atoms with Gasteiger partial charge in [0.15, 0.2) is 0 Å². The molecular formula is C17H27FNO+. The average Bonchev–Trinajstić information content (AvgIpc) is 2.46. The summed E-state index contributed by atoms with van der Waals surface area (Å²) in [5.41, 5.74) is 1.62. The van der Waals surface area contributed by atoms with E-state index in [-0.39, 0.29) is 5.82 Å². The molecule has 112 valence electrons. The van der Waals surface area contributed by atoms with Gasteiger partial charge in [-0.2, -0.15) is 0 Å². The third-order valence-electron chi connectivity index (χ3n) is 4.61. The summed E-state index contributed by atoms with van der Waals surface area (Å²) in [6.07, 6.45) is 4.04. The number of aryl methyl sites for hydroxylation is 1. The van der Waals surface area contributed by atoms with Gasteiger partial charge in [0.2, 0.25) is 0 Å². The second-order valence-corrected chi connectivity index (χ2v) is 6.04. The number of likely N-dealkylation sites (N-methyl/N-ethyl adjacent to an activating group) is 1. The Bertz CT molecular complexity index is 427. The van der Waals surface area contributed by atoms with Crippen molar-refractivity contribution >= 4 is 0 Å². The Balaban J connectivity index is 1.78. The summed E-state index contributed by atoms with van der Waals surface area (Å²) < 4.78 is 20.6. The van der Waals surface area contributed by atoms with E-state index in [9.17, 15) is 4.39 Å². The molecule has 1 aliphatic rings. The van der Waals surface area contributed by atoms with Crippen molar-refractivity contribution in [3.05, 3.63) is 35.1 Å². The van der Waals surface area contributed by atoms with Crippen LogP contribution < -0.4 is 0 Å². The molecule has 1 fully saturated rings. The van der Waals surface area contributed by atoms with E-state index in [1.165, 1.54) is 43.4 Å². The third-order valence-corrected chi connectivity index (χ3v) is 4.61. The Morgan fingerprint density at radius 2 is 1.95 bits per heavy atom. The van der Waals surface area contributed by atoms with Crippen LogP contribution in [-0.2, 0) is 11.3 Å². The molecule has 0 amide bonds. The quantitative estimate of drug-likeness (QED) is 0.570. The number of likely N-dealkylation sites (tertiary alicyclic amines) is 1. The van der Waals surface area contributed by atoms with E-state index in [4.69, 9.17) is 4.74 Å². The number of nitrogens with zero attached hydrogens (tertiary/aromatic N) is 1. The van der Waals surface area contributed by atoms with Gasteiger partial charge in [-0.15, -0.1) is 0 Å². The average molecular weight is 280 g/mol. The Morgan fingerprint density at radius 1 is 1.20 bits per heavy atom. The predicted molar refractivity (Wildman–Crippen MR) is 80.0 cm³/mol. The van der Waals surface area contributed by atoms with Gasteiger partial charge in [-0.1, -0.05) is 12.1 Å². The Labute approximate surface area is 122 Å². The predicted octanol–water partition coefficient (Wildman–Crippen LogP) is 3.67. The number of hydrogen-bond acceptors (Lipinski definition) is 1. The van der Waals surface area contributed by atoms with Crippen molar-refractivity contribution in [1.82, 2.24) is 0 Å². The highest BCUT2D eigenvalue weighted by Gasteiger charge is 2.27. The molecule has 0 spiro atoms. The van der Waals surface area contributed by atoms with E-state index in [1.807, 2.05) is 19.1 Å². The minimum absolute atomic E-state index is 0.151. The van der Waals surface area contributed by atoms with Crippen molar-refractivity contribution in [2.24, 2.45) is 0 Å². The van der Waals surface area contributed by atoms with Crippen LogP contribution in [0.15, 0.2) is 18.2 Å². The molecule has 2 nitrogen and oxygen atoms in total. The van der Waals surface area contributed by atoms with Crippen LogP contribution in [0.2, 0.25) is 0 Å². The number of rotatable bonds is 6. The molecule has 1 aromatic rings. The van der Waals surface area contributed by atoms with Gasteiger partial charge in [-0.25, -0.2) is 4.39 Å². The van der Waals surface area contributed by atoms with Crippen LogP contribution >= 0.6 is 0 Å². The first kappa shape index (κ1) is 15.5. The molecule has 2 rings (SSSR count). The summed E-state index contributed by atoms with van der Waals surface area (Å²) in [7, 11) is 0. The first-order valence-electron chi connectivity index (χ1n) is 7.83. The summed E-state index contributed by atoms with van der Waals surface area (Å²) in [6.45, 7) is 10.1. The van der Waals surface area contributed by atoms with Crippen molar-refractivity contribution in [2.75, 3.05) is 32.8 Å². The maximum absolute atomic E-state index is 13.7. The van der Waals surface area contributed by atoms with Crippen LogP contribution in [0.4, 0.5) is 4.39 Å². The zero-order valence-electron chi connectivity index (χ0n) is 12.8. The summed E-state index contributed by atoms with van der Waals surface area (Å²) in [6, 6.07) is 5.34. The summed E-state index contributed by atoms with van der Waals surface area (Å²) in [5, 5.41) is 0. The fourth-order valence-electron chi connectivity index (χ4n) is 3.09. The fourth-order valence-corrected chi connectivity index (χ4v) is 3.09. The molecule has 1 aliphatic heterocycles. The van der Waals surface area contributed by atoms with Crippen LogP contribution in [-0.4, -0.2) is 37.3 Å². The zero-order valence-corrected chi connectivity index (χ0v) is 12.8. The lowest BCUT2D eigenvalue weighted by atomic mass is 10.1. The maximum atomic E-state index is 13.7. The molecule has 0 bridgehead atoms. The largest absolute Gasteiger partial charge is 0.371 e. The number of ether oxygens (including phenoxy) is 1. The molecule has 1 heterocycles. The molecule has 0 N–H and O–H groups in total. The molecule has 0 saturated carbocycles. The lowest BCUT2D eigenvalue weighted by Gasteiger charge is -2.40. The second-order valence-electron chi connectivity index (χ2n) is 6.04. The van der Waals surface area contributed by atoms with Crippen molar-refractivity contribution in [1.29, 1.82) is 0 Å².